The zero-order chi connectivity index (χ0) is 13.6. The molecule has 3 aliphatic rings. The van der Waals surface area contributed by atoms with Crippen LogP contribution in [0.5, 0.6) is 0 Å². The second-order valence-corrected chi connectivity index (χ2v) is 5.27. The molecule has 1 saturated heterocycles. The molecule has 2 aliphatic carbocycles. The second-order valence-electron chi connectivity index (χ2n) is 5.27. The lowest BCUT2D eigenvalue weighted by Gasteiger charge is -2.29. The number of carbonyl (C=O) groups is 2. The summed E-state index contributed by atoms with van der Waals surface area (Å²) in [6.07, 6.45) is 4.97. The highest BCUT2D eigenvalue weighted by Crippen LogP contribution is 2.58. The third-order valence-electron chi connectivity index (χ3n) is 4.41. The minimum Gasteiger partial charge on any atom is -0.466 e. The topological polar surface area (TPSA) is 52.6 Å². The first kappa shape index (κ1) is 10.6. The maximum absolute atomic E-state index is 12.1. The van der Waals surface area contributed by atoms with E-state index in [2.05, 4.69) is 0 Å². The monoisotopic (exact) mass is 251 g/mol. The minimum absolute atomic E-state index is 0.0306. The van der Waals surface area contributed by atoms with Crippen molar-refractivity contribution in [2.24, 2.45) is 17.3 Å². The van der Waals surface area contributed by atoms with E-state index in [4.69, 9.17) is 10.8 Å². The van der Waals surface area contributed by atoms with Gasteiger partial charge in [-0.1, -0.05) is 12.2 Å². The van der Waals surface area contributed by atoms with Gasteiger partial charge in [-0.2, -0.15) is 0 Å². The Hall–Kier alpha value is -1.32. The van der Waals surface area contributed by atoms with Gasteiger partial charge < -0.3 is 9.47 Å². The molecule has 18 heavy (non-hydrogen) atoms. The van der Waals surface area contributed by atoms with E-state index in [1.807, 2.05) is 12.2 Å². The van der Waals surface area contributed by atoms with Crippen molar-refractivity contribution in [1.82, 2.24) is 0 Å². The molecule has 1 aliphatic heterocycles. The van der Waals surface area contributed by atoms with Gasteiger partial charge in [0.2, 0.25) is 0 Å². The van der Waals surface area contributed by atoms with Crippen LogP contribution in [0.1, 0.15) is 34.0 Å². The average molecular weight is 251 g/mol. The molecule has 0 aromatic rings. The summed E-state index contributed by atoms with van der Waals surface area (Å²) in [6.45, 7) is 2.02. The fourth-order valence-corrected chi connectivity index (χ4v) is 3.72. The Morgan fingerprint density at radius 2 is 2.56 bits per heavy atom. The molecule has 0 aromatic heterocycles. The first-order valence-corrected chi connectivity index (χ1v) is 6.58. The van der Waals surface area contributed by atoms with Gasteiger partial charge >= 0.3 is 11.9 Å². The van der Waals surface area contributed by atoms with E-state index in [0.29, 0.717) is 19.3 Å². The summed E-state index contributed by atoms with van der Waals surface area (Å²) in [7, 11) is 0. The van der Waals surface area contributed by atoms with Gasteiger partial charge in [-0.3, -0.25) is 9.59 Å². The summed E-state index contributed by atoms with van der Waals surface area (Å²) in [5, 5.41) is 0. The van der Waals surface area contributed by atoms with Crippen LogP contribution in [0.2, 0.25) is 0 Å². The van der Waals surface area contributed by atoms with Crippen molar-refractivity contribution in [3.63, 3.8) is 0 Å². The van der Waals surface area contributed by atoms with Crippen LogP contribution in [0.3, 0.4) is 0 Å². The smallest absolute Gasteiger partial charge is 0.316 e. The molecule has 4 nitrogen and oxygen atoms in total. The molecule has 2 fully saturated rings. The van der Waals surface area contributed by atoms with Gasteiger partial charge in [0.05, 0.1) is 12.0 Å². The summed E-state index contributed by atoms with van der Waals surface area (Å²) in [4.78, 5) is 23.8. The van der Waals surface area contributed by atoms with E-state index in [9.17, 15) is 9.59 Å². The van der Waals surface area contributed by atoms with E-state index >= 15 is 0 Å². The summed E-state index contributed by atoms with van der Waals surface area (Å²) in [5.74, 6) is -0.821. The molecule has 0 spiro atoms. The molecule has 0 radical (unpaired) electrons. The summed E-state index contributed by atoms with van der Waals surface area (Å²) in [6, 6.07) is 0. The van der Waals surface area contributed by atoms with Crippen LogP contribution in [0.25, 0.3) is 0 Å². The molecule has 1 heterocycles. The predicted octanol–water partition coefficient (Wildman–Crippen LogP) is 1.84. The Morgan fingerprint density at radius 1 is 1.72 bits per heavy atom. The van der Waals surface area contributed by atoms with Crippen molar-refractivity contribution in [2.45, 2.75) is 38.7 Å². The van der Waals surface area contributed by atoms with Gasteiger partial charge in [-0.15, -0.1) is 0 Å². The van der Waals surface area contributed by atoms with Crippen molar-refractivity contribution < 1.29 is 20.4 Å². The normalized spacial score (nSPS) is 43.1. The van der Waals surface area contributed by atoms with Crippen molar-refractivity contribution in [1.29, 1.82) is 0 Å². The number of hydrogen-bond donors (Lipinski definition) is 0. The second kappa shape index (κ2) is 4.11. The van der Waals surface area contributed by atoms with E-state index in [-0.39, 0.29) is 30.5 Å². The Morgan fingerprint density at radius 3 is 3.33 bits per heavy atom. The summed E-state index contributed by atoms with van der Waals surface area (Å²) >= 11 is 0. The van der Waals surface area contributed by atoms with Gasteiger partial charge in [0.15, 0.2) is 0 Å². The molecule has 3 rings (SSSR count). The molecule has 5 atom stereocenters. The highest BCUT2D eigenvalue weighted by Gasteiger charge is 2.62. The lowest BCUT2D eigenvalue weighted by molar-refractivity contribution is -0.146. The van der Waals surface area contributed by atoms with Crippen LogP contribution in [-0.4, -0.2) is 24.6 Å². The van der Waals surface area contributed by atoms with Crippen molar-refractivity contribution in [2.75, 3.05) is 6.61 Å². The van der Waals surface area contributed by atoms with E-state index in [0.717, 1.165) is 0 Å². The molecule has 0 unspecified atom stereocenters. The summed E-state index contributed by atoms with van der Waals surface area (Å²) in [5.41, 5.74) is -0.570. The number of hydrogen-bond acceptors (Lipinski definition) is 4. The van der Waals surface area contributed by atoms with Crippen LogP contribution in [0.15, 0.2) is 12.2 Å². The molecule has 0 N–H and O–H groups in total. The first-order chi connectivity index (χ1) is 9.10. The molecular formula is C14H18O4. The first-order valence-electron chi connectivity index (χ1n) is 7.15. The highest BCUT2D eigenvalue weighted by atomic mass is 16.6. The van der Waals surface area contributed by atoms with Crippen LogP contribution in [0, 0.1) is 17.3 Å². The molecular weight excluding hydrogens is 232 g/mol. The Bertz CT molecular complexity index is 447. The molecule has 0 aromatic carbocycles. The Balaban J connectivity index is 1.86. The van der Waals surface area contributed by atoms with Crippen molar-refractivity contribution >= 4 is 11.9 Å². The maximum atomic E-state index is 12.1. The van der Waals surface area contributed by atoms with E-state index < -0.39 is 17.8 Å². The van der Waals surface area contributed by atoms with E-state index in [1.165, 1.54) is 0 Å². The minimum atomic E-state index is -0.907. The van der Waals surface area contributed by atoms with Crippen LogP contribution < -0.4 is 0 Å². The van der Waals surface area contributed by atoms with Gasteiger partial charge in [0.25, 0.3) is 0 Å². The highest BCUT2D eigenvalue weighted by molar-refractivity contribution is 5.83. The molecule has 0 amide bonds. The number of rotatable bonds is 3. The quantitative estimate of drug-likeness (QED) is 0.567. The van der Waals surface area contributed by atoms with Gasteiger partial charge in [0, 0.05) is 20.1 Å². The molecule has 98 valence electrons. The Kier molecular flexibility index (Phi) is 2.42. The van der Waals surface area contributed by atoms with Gasteiger partial charge in [-0.25, -0.2) is 0 Å². The lowest BCUT2D eigenvalue weighted by Crippen LogP contribution is -2.34. The Labute approximate surface area is 108 Å². The number of esters is 2. The van der Waals surface area contributed by atoms with Crippen LogP contribution in [-0.2, 0) is 19.1 Å². The zero-order valence-electron chi connectivity index (χ0n) is 11.4. The number of carbonyl (C=O) groups excluding carboxylic acids is 2. The average Bonchev–Trinajstić information content (AvgIpc) is 2.84. The lowest BCUT2D eigenvalue weighted by atomic mass is 9.70. The SMILES string of the molecule is [2H][C@@H](C(=O)OCC)[C@H]1CC[C@@]23C=CC[C@H](OC2=O)[C@@H]13. The maximum Gasteiger partial charge on any atom is 0.316 e. The predicted molar refractivity (Wildman–Crippen MR) is 63.5 cm³/mol. The zero-order valence-corrected chi connectivity index (χ0v) is 10.4. The molecule has 4 heteroatoms. The number of ether oxygens (including phenoxy) is 2. The molecule has 1 saturated carbocycles. The fourth-order valence-electron chi connectivity index (χ4n) is 3.72. The van der Waals surface area contributed by atoms with Crippen molar-refractivity contribution in [3.05, 3.63) is 12.2 Å². The fraction of sp³-hybridized carbons (Fsp3) is 0.714. The van der Waals surface area contributed by atoms with Gasteiger partial charge in [-0.05, 0) is 25.7 Å². The van der Waals surface area contributed by atoms with Crippen molar-refractivity contribution in [3.8, 4) is 0 Å². The largest absolute Gasteiger partial charge is 0.466 e. The standard InChI is InChI=1S/C14H18O4/c1-2-17-11(15)8-9-5-7-14-6-3-4-10(12(9)14)18-13(14)16/h3,6,9-10,12H,2,4-5,7-8H2,1H3/t9-,10+,12-,14-/m1/s1/i8D/t8-,9-,10+,12-,14-. The van der Waals surface area contributed by atoms with Crippen LogP contribution >= 0.6 is 0 Å². The van der Waals surface area contributed by atoms with Gasteiger partial charge in [0.1, 0.15) is 6.10 Å². The molecule has 2 bridgehead atoms. The third kappa shape index (κ3) is 1.51. The third-order valence-corrected chi connectivity index (χ3v) is 4.41. The summed E-state index contributed by atoms with van der Waals surface area (Å²) < 4.78 is 18.5. The van der Waals surface area contributed by atoms with Crippen LogP contribution in [0.4, 0.5) is 0 Å². The van der Waals surface area contributed by atoms with E-state index in [1.54, 1.807) is 6.92 Å².